The molecular weight excluding hydrogens is 166 g/mol. The molecule has 72 valence electrons. The van der Waals surface area contributed by atoms with Crippen LogP contribution in [0.1, 0.15) is 6.42 Å². The predicted molar refractivity (Wildman–Crippen MR) is 53.2 cm³/mol. The summed E-state index contributed by atoms with van der Waals surface area (Å²) >= 11 is 0. The van der Waals surface area contributed by atoms with Crippen LogP contribution in [0, 0.1) is 0 Å². The normalized spacial score (nSPS) is 9.69. The van der Waals surface area contributed by atoms with Crippen LogP contribution in [0.3, 0.4) is 0 Å². The second-order valence-electron chi connectivity index (χ2n) is 2.74. The zero-order valence-corrected chi connectivity index (χ0v) is 7.79. The topological polar surface area (TPSA) is 41.5 Å². The summed E-state index contributed by atoms with van der Waals surface area (Å²) in [6.07, 6.45) is 0.761. The first-order chi connectivity index (χ1) is 6.36. The largest absolute Gasteiger partial charge is 0.497 e. The van der Waals surface area contributed by atoms with Crippen LogP contribution in [0.4, 0.5) is 5.69 Å². The van der Waals surface area contributed by atoms with Crippen molar-refractivity contribution in [2.45, 2.75) is 6.42 Å². The summed E-state index contributed by atoms with van der Waals surface area (Å²) in [5.41, 5.74) is 1.02. The third-order valence-corrected chi connectivity index (χ3v) is 1.73. The van der Waals surface area contributed by atoms with Crippen LogP contribution in [0.25, 0.3) is 0 Å². The van der Waals surface area contributed by atoms with Crippen LogP contribution in [-0.2, 0) is 0 Å². The van der Waals surface area contributed by atoms with Crippen molar-refractivity contribution < 1.29 is 9.84 Å². The van der Waals surface area contributed by atoms with Crippen molar-refractivity contribution in [1.29, 1.82) is 0 Å². The number of methoxy groups -OCH3 is 1. The van der Waals surface area contributed by atoms with E-state index >= 15 is 0 Å². The van der Waals surface area contributed by atoms with Crippen molar-refractivity contribution in [2.24, 2.45) is 0 Å². The molecule has 0 aliphatic heterocycles. The summed E-state index contributed by atoms with van der Waals surface area (Å²) in [4.78, 5) is 0. The second-order valence-corrected chi connectivity index (χ2v) is 2.74. The van der Waals surface area contributed by atoms with Gasteiger partial charge in [-0.25, -0.2) is 0 Å². The molecule has 13 heavy (non-hydrogen) atoms. The average Bonchev–Trinajstić information content (AvgIpc) is 2.19. The quantitative estimate of drug-likeness (QED) is 0.676. The van der Waals surface area contributed by atoms with E-state index in [1.807, 2.05) is 24.3 Å². The summed E-state index contributed by atoms with van der Waals surface area (Å²) in [6, 6.07) is 7.73. The first-order valence-corrected chi connectivity index (χ1v) is 4.35. The highest BCUT2D eigenvalue weighted by molar-refractivity contribution is 5.47. The van der Waals surface area contributed by atoms with Crippen LogP contribution in [0.5, 0.6) is 5.75 Å². The van der Waals surface area contributed by atoms with E-state index in [-0.39, 0.29) is 6.61 Å². The van der Waals surface area contributed by atoms with Gasteiger partial charge < -0.3 is 15.2 Å². The molecule has 0 unspecified atom stereocenters. The Hall–Kier alpha value is -1.22. The van der Waals surface area contributed by atoms with Gasteiger partial charge in [0, 0.05) is 24.9 Å². The Bertz CT molecular complexity index is 250. The predicted octanol–water partition coefficient (Wildman–Crippen LogP) is 1.49. The lowest BCUT2D eigenvalue weighted by molar-refractivity contribution is 0.292. The van der Waals surface area contributed by atoms with Crippen molar-refractivity contribution in [2.75, 3.05) is 25.6 Å². The van der Waals surface area contributed by atoms with Crippen molar-refractivity contribution in [3.8, 4) is 5.75 Å². The van der Waals surface area contributed by atoms with Gasteiger partial charge in [0.1, 0.15) is 5.75 Å². The Balaban J connectivity index is 2.46. The van der Waals surface area contributed by atoms with Crippen LogP contribution in [0.2, 0.25) is 0 Å². The highest BCUT2D eigenvalue weighted by Gasteiger charge is 1.93. The van der Waals surface area contributed by atoms with Gasteiger partial charge in [-0.15, -0.1) is 0 Å². The molecule has 1 aromatic carbocycles. The Morgan fingerprint density at radius 1 is 1.46 bits per heavy atom. The monoisotopic (exact) mass is 181 g/mol. The minimum absolute atomic E-state index is 0.219. The van der Waals surface area contributed by atoms with E-state index in [2.05, 4.69) is 5.32 Å². The van der Waals surface area contributed by atoms with Gasteiger partial charge in [0.15, 0.2) is 0 Å². The second kappa shape index (κ2) is 5.43. The minimum Gasteiger partial charge on any atom is -0.497 e. The van der Waals surface area contributed by atoms with Crippen LogP contribution >= 0.6 is 0 Å². The third kappa shape index (κ3) is 3.34. The van der Waals surface area contributed by atoms with Gasteiger partial charge in [0.25, 0.3) is 0 Å². The molecule has 0 heterocycles. The molecule has 0 bridgehead atoms. The number of anilines is 1. The Morgan fingerprint density at radius 3 is 3.00 bits per heavy atom. The summed E-state index contributed by atoms with van der Waals surface area (Å²) in [6.45, 7) is 1.00. The molecule has 0 aliphatic rings. The van der Waals surface area contributed by atoms with E-state index in [1.165, 1.54) is 0 Å². The van der Waals surface area contributed by atoms with Crippen molar-refractivity contribution in [1.82, 2.24) is 0 Å². The van der Waals surface area contributed by atoms with Crippen LogP contribution in [-0.4, -0.2) is 25.4 Å². The van der Waals surface area contributed by atoms with E-state index in [0.29, 0.717) is 0 Å². The number of ether oxygens (including phenoxy) is 1. The van der Waals surface area contributed by atoms with Crippen LogP contribution in [0.15, 0.2) is 24.3 Å². The van der Waals surface area contributed by atoms with Gasteiger partial charge in [-0.3, -0.25) is 0 Å². The standard InChI is InChI=1S/C10H15NO2/c1-13-10-5-2-4-9(8-10)11-6-3-7-12/h2,4-5,8,11-12H,3,6-7H2,1H3. The summed E-state index contributed by atoms with van der Waals surface area (Å²) in [5.74, 6) is 0.842. The SMILES string of the molecule is COc1cccc(NCCCO)c1. The molecule has 1 rings (SSSR count). The van der Waals surface area contributed by atoms with E-state index in [0.717, 1.165) is 24.4 Å². The third-order valence-electron chi connectivity index (χ3n) is 1.73. The molecular formula is C10H15NO2. The molecule has 0 aromatic heterocycles. The van der Waals surface area contributed by atoms with E-state index in [4.69, 9.17) is 9.84 Å². The molecule has 0 spiro atoms. The van der Waals surface area contributed by atoms with Crippen molar-refractivity contribution >= 4 is 5.69 Å². The minimum atomic E-state index is 0.219. The summed E-state index contributed by atoms with van der Waals surface area (Å²) in [5, 5.41) is 11.8. The lowest BCUT2D eigenvalue weighted by Gasteiger charge is -2.06. The highest BCUT2D eigenvalue weighted by Crippen LogP contribution is 2.16. The number of hydrogen-bond donors (Lipinski definition) is 2. The fourth-order valence-electron chi connectivity index (χ4n) is 1.04. The Kier molecular flexibility index (Phi) is 4.12. The van der Waals surface area contributed by atoms with Gasteiger partial charge in [-0.1, -0.05) is 6.07 Å². The highest BCUT2D eigenvalue weighted by atomic mass is 16.5. The fourth-order valence-corrected chi connectivity index (χ4v) is 1.04. The lowest BCUT2D eigenvalue weighted by Crippen LogP contribution is -2.03. The van der Waals surface area contributed by atoms with Crippen molar-refractivity contribution in [3.63, 3.8) is 0 Å². The molecule has 0 saturated carbocycles. The van der Waals surface area contributed by atoms with E-state index < -0.39 is 0 Å². The Morgan fingerprint density at radius 2 is 2.31 bits per heavy atom. The maximum Gasteiger partial charge on any atom is 0.120 e. The van der Waals surface area contributed by atoms with Gasteiger partial charge in [-0.2, -0.15) is 0 Å². The molecule has 3 heteroatoms. The van der Waals surface area contributed by atoms with E-state index in [9.17, 15) is 0 Å². The molecule has 0 saturated heterocycles. The van der Waals surface area contributed by atoms with E-state index in [1.54, 1.807) is 7.11 Å². The van der Waals surface area contributed by atoms with Gasteiger partial charge in [-0.05, 0) is 18.6 Å². The zero-order chi connectivity index (χ0) is 9.52. The van der Waals surface area contributed by atoms with Gasteiger partial charge in [0.2, 0.25) is 0 Å². The number of aliphatic hydroxyl groups excluding tert-OH is 1. The lowest BCUT2D eigenvalue weighted by atomic mass is 10.3. The van der Waals surface area contributed by atoms with Crippen molar-refractivity contribution in [3.05, 3.63) is 24.3 Å². The molecule has 0 aliphatic carbocycles. The molecule has 3 nitrogen and oxygen atoms in total. The zero-order valence-electron chi connectivity index (χ0n) is 7.79. The number of rotatable bonds is 5. The first kappa shape index (κ1) is 9.86. The number of hydrogen-bond acceptors (Lipinski definition) is 3. The fraction of sp³-hybridized carbons (Fsp3) is 0.400. The maximum atomic E-state index is 8.58. The van der Waals surface area contributed by atoms with Crippen LogP contribution < -0.4 is 10.1 Å². The smallest absolute Gasteiger partial charge is 0.120 e. The molecule has 0 radical (unpaired) electrons. The molecule has 0 amide bonds. The summed E-state index contributed by atoms with van der Waals surface area (Å²) in [7, 11) is 1.65. The molecule has 0 atom stereocenters. The first-order valence-electron chi connectivity index (χ1n) is 4.35. The Labute approximate surface area is 78.3 Å². The van der Waals surface area contributed by atoms with Gasteiger partial charge in [0.05, 0.1) is 7.11 Å². The maximum absolute atomic E-state index is 8.58. The molecule has 1 aromatic rings. The number of aliphatic hydroxyl groups is 1. The summed E-state index contributed by atoms with van der Waals surface area (Å²) < 4.78 is 5.07. The van der Waals surface area contributed by atoms with Gasteiger partial charge >= 0.3 is 0 Å². The average molecular weight is 181 g/mol. The molecule has 2 N–H and O–H groups in total. The molecule has 0 fully saturated rings. The number of nitrogens with one attached hydrogen (secondary N) is 1. The number of benzene rings is 1.